The molecule has 0 spiro atoms. The first kappa shape index (κ1) is 32.3. The first-order valence-electron chi connectivity index (χ1n) is 16.4. The third kappa shape index (κ3) is 6.69. The molecule has 0 bridgehead atoms. The first-order valence-corrected chi connectivity index (χ1v) is 17.9. The number of hydrogen-bond acceptors (Lipinski definition) is 7. The zero-order chi connectivity index (χ0) is 33.3. The Hall–Kier alpha value is -4.26. The maximum absolute atomic E-state index is 13.1. The van der Waals surface area contributed by atoms with Crippen LogP contribution < -0.4 is 10.4 Å². The van der Waals surface area contributed by atoms with E-state index in [1.54, 1.807) is 48.5 Å². The summed E-state index contributed by atoms with van der Waals surface area (Å²) in [6, 6.07) is 31.1. The van der Waals surface area contributed by atoms with Crippen LogP contribution in [0.4, 0.5) is 5.69 Å². The summed E-state index contributed by atoms with van der Waals surface area (Å²) in [5.74, 6) is -0.00467. The summed E-state index contributed by atoms with van der Waals surface area (Å²) in [6.45, 7) is 4.42. The molecule has 7 rings (SSSR count). The fraction of sp³-hybridized carbons (Fsp3) is 0.324. The highest BCUT2D eigenvalue weighted by atomic mass is 32.2. The van der Waals surface area contributed by atoms with Crippen LogP contribution in [0.2, 0.25) is 0 Å². The van der Waals surface area contributed by atoms with Crippen molar-refractivity contribution < 1.29 is 23.0 Å². The van der Waals surface area contributed by atoms with Gasteiger partial charge in [0.1, 0.15) is 0 Å². The minimum Gasteiger partial charge on any atom is -0.392 e. The quantitative estimate of drug-likeness (QED) is 0.183. The molecule has 4 aromatic carbocycles. The van der Waals surface area contributed by atoms with E-state index in [4.69, 9.17) is 9.47 Å². The van der Waals surface area contributed by atoms with Crippen molar-refractivity contribution in [1.82, 2.24) is 14.5 Å². The van der Waals surface area contributed by atoms with Gasteiger partial charge in [0.05, 0.1) is 34.7 Å². The Morgan fingerprint density at radius 2 is 1.60 bits per heavy atom. The van der Waals surface area contributed by atoms with Crippen molar-refractivity contribution in [2.75, 3.05) is 24.4 Å². The third-order valence-corrected chi connectivity index (χ3v) is 11.0. The SMILES string of the molecule is C[C@@H]1[C@H](CN2CCC(n3c(=O)[nH]c4ccccc43)CC2)O[C@H](c2cccc(NS(=O)(=O)c3ccccc3)c2)O[C@@H]1c1ccc(CO)cc1. The lowest BCUT2D eigenvalue weighted by Crippen LogP contribution is -2.47. The summed E-state index contributed by atoms with van der Waals surface area (Å²) in [4.78, 5) is 18.4. The molecule has 2 fully saturated rings. The molecular formula is C37H40N4O6S. The fourth-order valence-corrected chi connectivity index (χ4v) is 8.01. The molecule has 10 nitrogen and oxygen atoms in total. The molecule has 1 aromatic heterocycles. The number of para-hydroxylation sites is 2. The number of aromatic amines is 1. The van der Waals surface area contributed by atoms with Gasteiger partial charge < -0.3 is 24.5 Å². The largest absolute Gasteiger partial charge is 0.392 e. The molecule has 48 heavy (non-hydrogen) atoms. The topological polar surface area (TPSA) is 126 Å². The van der Waals surface area contributed by atoms with E-state index in [1.807, 2.05) is 59.2 Å². The molecule has 2 saturated heterocycles. The standard InChI is InChI=1S/C37H40N4O6S/c1-25-34(23-40-20-18-30(19-21-40)41-33-13-6-5-12-32(33)38-37(41)43)46-36(47-35(25)27-16-14-26(24-42)15-17-27)28-8-7-9-29(22-28)39-48(44,45)31-10-3-2-4-11-31/h2-17,22,25,30,34-36,39,42H,18-21,23-24H2,1H3,(H,38,43)/t25-,34+,35+,36+/m1/s1. The van der Waals surface area contributed by atoms with Crippen molar-refractivity contribution in [2.45, 2.75) is 55.8 Å². The van der Waals surface area contributed by atoms with E-state index in [0.29, 0.717) is 17.8 Å². The zero-order valence-corrected chi connectivity index (χ0v) is 27.6. The van der Waals surface area contributed by atoms with Gasteiger partial charge in [0.25, 0.3) is 10.0 Å². The van der Waals surface area contributed by atoms with Crippen LogP contribution >= 0.6 is 0 Å². The zero-order valence-electron chi connectivity index (χ0n) is 26.7. The van der Waals surface area contributed by atoms with E-state index in [-0.39, 0.29) is 41.4 Å². The molecule has 5 aromatic rings. The molecule has 0 radical (unpaired) electrons. The number of H-pyrrole nitrogens is 1. The second kappa shape index (κ2) is 13.7. The number of nitrogens with one attached hydrogen (secondary N) is 2. The van der Waals surface area contributed by atoms with E-state index in [1.165, 1.54) is 0 Å². The number of rotatable bonds is 9. The number of fused-ring (bicyclic) bond motifs is 1. The van der Waals surface area contributed by atoms with Crippen LogP contribution in [0, 0.1) is 5.92 Å². The number of benzene rings is 4. The molecule has 0 amide bonds. The monoisotopic (exact) mass is 668 g/mol. The van der Waals surface area contributed by atoms with Gasteiger partial charge in [-0.3, -0.25) is 9.29 Å². The lowest BCUT2D eigenvalue weighted by Gasteiger charge is -2.44. The molecule has 11 heteroatoms. The normalized spacial score (nSPS) is 22.5. The summed E-state index contributed by atoms with van der Waals surface area (Å²) >= 11 is 0. The Morgan fingerprint density at radius 1 is 0.875 bits per heavy atom. The van der Waals surface area contributed by atoms with Gasteiger partial charge in [-0.15, -0.1) is 0 Å². The highest BCUT2D eigenvalue weighted by molar-refractivity contribution is 7.92. The predicted molar refractivity (Wildman–Crippen MR) is 184 cm³/mol. The molecule has 0 saturated carbocycles. The van der Waals surface area contributed by atoms with Crippen LogP contribution in [0.1, 0.15) is 54.9 Å². The van der Waals surface area contributed by atoms with E-state index in [9.17, 15) is 18.3 Å². The van der Waals surface area contributed by atoms with E-state index >= 15 is 0 Å². The molecule has 2 aliphatic heterocycles. The van der Waals surface area contributed by atoms with Gasteiger partial charge in [-0.05, 0) is 60.4 Å². The van der Waals surface area contributed by atoms with Crippen molar-refractivity contribution in [1.29, 1.82) is 0 Å². The van der Waals surface area contributed by atoms with Crippen molar-refractivity contribution in [3.63, 3.8) is 0 Å². The maximum atomic E-state index is 13.1. The number of hydrogen-bond donors (Lipinski definition) is 3. The van der Waals surface area contributed by atoms with Crippen LogP contribution in [-0.4, -0.2) is 53.7 Å². The molecular weight excluding hydrogens is 628 g/mol. The molecule has 3 heterocycles. The summed E-state index contributed by atoms with van der Waals surface area (Å²) in [5.41, 5.74) is 4.65. The summed E-state index contributed by atoms with van der Waals surface area (Å²) in [6.07, 6.45) is 0.464. The molecule has 0 unspecified atom stereocenters. The lowest BCUT2D eigenvalue weighted by molar-refractivity contribution is -0.276. The molecule has 2 aliphatic rings. The van der Waals surface area contributed by atoms with Crippen molar-refractivity contribution in [2.24, 2.45) is 5.92 Å². The summed E-state index contributed by atoms with van der Waals surface area (Å²) in [7, 11) is -3.78. The molecule has 250 valence electrons. The van der Waals surface area contributed by atoms with Gasteiger partial charge in [-0.25, -0.2) is 13.2 Å². The average molecular weight is 669 g/mol. The fourth-order valence-electron chi connectivity index (χ4n) is 6.94. The van der Waals surface area contributed by atoms with Crippen molar-refractivity contribution in [3.8, 4) is 0 Å². The average Bonchev–Trinajstić information content (AvgIpc) is 3.45. The third-order valence-electron chi connectivity index (χ3n) is 9.57. The number of sulfonamides is 1. The van der Waals surface area contributed by atoms with Crippen molar-refractivity contribution >= 4 is 26.7 Å². The van der Waals surface area contributed by atoms with Gasteiger partial charge in [0, 0.05) is 42.8 Å². The first-order chi connectivity index (χ1) is 23.3. The van der Waals surface area contributed by atoms with Crippen LogP contribution in [0.25, 0.3) is 11.0 Å². The van der Waals surface area contributed by atoms with Crippen LogP contribution in [0.5, 0.6) is 0 Å². The van der Waals surface area contributed by atoms with Crippen molar-refractivity contribution in [3.05, 3.63) is 130 Å². The highest BCUT2D eigenvalue weighted by Gasteiger charge is 2.40. The Labute approximate surface area is 280 Å². The number of likely N-dealkylation sites (tertiary alicyclic amines) is 1. The number of piperidine rings is 1. The van der Waals surface area contributed by atoms with Crippen LogP contribution in [-0.2, 0) is 26.1 Å². The van der Waals surface area contributed by atoms with Gasteiger partial charge in [-0.2, -0.15) is 0 Å². The molecule has 3 N–H and O–H groups in total. The van der Waals surface area contributed by atoms with Crippen LogP contribution in [0.15, 0.2) is 113 Å². The maximum Gasteiger partial charge on any atom is 0.326 e. The minimum atomic E-state index is -3.78. The second-order valence-corrected chi connectivity index (χ2v) is 14.4. The summed E-state index contributed by atoms with van der Waals surface area (Å²) in [5, 5.41) is 9.61. The predicted octanol–water partition coefficient (Wildman–Crippen LogP) is 5.75. The van der Waals surface area contributed by atoms with E-state index in [0.717, 1.165) is 48.1 Å². The van der Waals surface area contributed by atoms with Gasteiger partial charge in [-0.1, -0.05) is 73.7 Å². The van der Waals surface area contributed by atoms with Gasteiger partial charge in [0.15, 0.2) is 6.29 Å². The number of aliphatic hydroxyl groups excluding tert-OH is 1. The second-order valence-electron chi connectivity index (χ2n) is 12.7. The minimum absolute atomic E-state index is 0.00467. The number of aromatic nitrogens is 2. The number of nitrogens with zero attached hydrogens (tertiary/aromatic N) is 2. The number of aliphatic hydroxyl groups is 1. The number of imidazole rings is 1. The van der Waals surface area contributed by atoms with Crippen LogP contribution in [0.3, 0.4) is 0 Å². The van der Waals surface area contributed by atoms with E-state index < -0.39 is 16.3 Å². The molecule has 4 atom stereocenters. The Balaban J connectivity index is 1.11. The Morgan fingerprint density at radius 3 is 2.35 bits per heavy atom. The highest BCUT2D eigenvalue weighted by Crippen LogP contribution is 2.42. The number of anilines is 1. The smallest absolute Gasteiger partial charge is 0.326 e. The van der Waals surface area contributed by atoms with Gasteiger partial charge >= 0.3 is 5.69 Å². The van der Waals surface area contributed by atoms with Gasteiger partial charge in [0.2, 0.25) is 0 Å². The lowest BCUT2D eigenvalue weighted by atomic mass is 9.89. The number of ether oxygens (including phenoxy) is 2. The Bertz CT molecular complexity index is 2020. The summed E-state index contributed by atoms with van der Waals surface area (Å²) < 4.78 is 44.0. The Kier molecular flexibility index (Phi) is 9.21. The molecule has 0 aliphatic carbocycles. The van der Waals surface area contributed by atoms with E-state index in [2.05, 4.69) is 21.5 Å².